The van der Waals surface area contributed by atoms with Crippen molar-refractivity contribution in [3.8, 4) is 0 Å². The topological polar surface area (TPSA) is 527 Å². The Morgan fingerprint density at radius 2 is 0.923 bits per heavy atom. The van der Waals surface area contributed by atoms with Gasteiger partial charge in [0, 0.05) is 27.7 Å². The van der Waals surface area contributed by atoms with Crippen molar-refractivity contribution in [2.45, 2.75) is 206 Å². The predicted molar refractivity (Wildman–Crippen MR) is 248 cm³/mol. The Morgan fingerprint density at radius 1 is 0.500 bits per heavy atom. The van der Waals surface area contributed by atoms with Gasteiger partial charge >= 0.3 is 0 Å². The van der Waals surface area contributed by atoms with Gasteiger partial charge in [0.15, 0.2) is 37.7 Å². The third-order valence-electron chi connectivity index (χ3n) is 13.5. The minimum absolute atomic E-state index is 0.510. The highest BCUT2D eigenvalue weighted by atomic mass is 16.8. The van der Waals surface area contributed by atoms with Gasteiger partial charge in [-0.3, -0.25) is 19.2 Å². The fraction of sp³-hybridized carbons (Fsp3) is 0.909. The zero-order chi connectivity index (χ0) is 58.0. The van der Waals surface area contributed by atoms with Crippen molar-refractivity contribution in [1.82, 2.24) is 21.3 Å². The molecule has 452 valence electrons. The summed E-state index contributed by atoms with van der Waals surface area (Å²) in [5, 5.41) is 160. The Kier molecular flexibility index (Phi) is 25.0. The van der Waals surface area contributed by atoms with Gasteiger partial charge in [0.1, 0.15) is 122 Å². The Balaban J connectivity index is 1.38. The summed E-state index contributed by atoms with van der Waals surface area (Å²) in [7, 11) is 0. The number of carbonyl (C=O) groups excluding carboxylic acids is 4. The summed E-state index contributed by atoms with van der Waals surface area (Å²) >= 11 is 0. The zero-order valence-electron chi connectivity index (χ0n) is 43.1. The molecule has 34 heteroatoms. The molecule has 5 aliphatic rings. The molecule has 34 nitrogen and oxygen atoms in total. The second kappa shape index (κ2) is 29.7. The van der Waals surface area contributed by atoms with Crippen LogP contribution in [0.1, 0.15) is 34.6 Å². The van der Waals surface area contributed by atoms with Crippen LogP contribution in [0.25, 0.3) is 0 Å². The van der Waals surface area contributed by atoms with Gasteiger partial charge in [-0.05, 0) is 6.92 Å². The van der Waals surface area contributed by atoms with E-state index in [4.69, 9.17) is 57.8 Å². The molecule has 5 aliphatic heterocycles. The number of nitrogens with two attached hydrogens (primary N) is 1. The first kappa shape index (κ1) is 65.6. The van der Waals surface area contributed by atoms with Crippen LogP contribution < -0.4 is 27.0 Å². The first-order valence-corrected chi connectivity index (χ1v) is 24.9. The van der Waals surface area contributed by atoms with E-state index in [1.54, 1.807) is 0 Å². The van der Waals surface area contributed by atoms with Crippen LogP contribution in [0.2, 0.25) is 0 Å². The molecule has 5 fully saturated rings. The van der Waals surface area contributed by atoms with Crippen molar-refractivity contribution >= 4 is 23.6 Å². The largest absolute Gasteiger partial charge is 0.394 e. The molecule has 16 unspecified atom stereocenters. The van der Waals surface area contributed by atoms with Crippen LogP contribution in [0.3, 0.4) is 0 Å². The molecule has 5 saturated heterocycles. The molecule has 0 aromatic rings. The lowest BCUT2D eigenvalue weighted by Crippen LogP contribution is -2.71. The lowest BCUT2D eigenvalue weighted by atomic mass is 9.93. The van der Waals surface area contributed by atoms with Gasteiger partial charge in [-0.15, -0.1) is 0 Å². The number of aliphatic hydroxyl groups excluding tert-OH is 14. The molecule has 78 heavy (non-hydrogen) atoms. The number of aliphatic hydroxyl groups is 14. The summed E-state index contributed by atoms with van der Waals surface area (Å²) in [5.74, 6) is -2.98. The summed E-state index contributed by atoms with van der Waals surface area (Å²) in [5.41, 5.74) is 6.03. The first-order chi connectivity index (χ1) is 36.8. The number of hydrogen-bond acceptors (Lipinski definition) is 30. The van der Waals surface area contributed by atoms with Crippen molar-refractivity contribution < 1.29 is 143 Å². The van der Waals surface area contributed by atoms with Crippen molar-refractivity contribution in [3.63, 3.8) is 0 Å². The summed E-state index contributed by atoms with van der Waals surface area (Å²) < 4.78 is 64.4. The molecular formula is C44H77N5O29. The van der Waals surface area contributed by atoms with Crippen molar-refractivity contribution in [2.75, 3.05) is 46.2 Å². The van der Waals surface area contributed by atoms with Crippen molar-refractivity contribution in [1.29, 1.82) is 0 Å². The molecule has 0 spiro atoms. The molecule has 0 aromatic heterocycles. The van der Waals surface area contributed by atoms with Gasteiger partial charge in [-0.25, -0.2) is 0 Å². The Morgan fingerprint density at radius 3 is 1.35 bits per heavy atom. The Hall–Kier alpha value is -3.16. The van der Waals surface area contributed by atoms with Gasteiger partial charge in [0.25, 0.3) is 0 Å². The SMILES string of the molecule is CC(=O)NC[C@H](O)OC(CO[C@@H]1OC(C)[C@@H](O)C(O)C1O)[C@H](CO)O[C@@H]1OC(CO)[C@@H](O[C@@H]2OC(CO)[C@@H](O[C@@H]3OC(CO)[C@@H](O[C@@H]4OC(CO)[C@@H](O)C(O)C4N)C(O)C3NC(C)=O)C(O)C2NC(C)=O)C(O)C1NC(C)=O. The van der Waals surface area contributed by atoms with Crippen LogP contribution in [0, 0.1) is 0 Å². The minimum Gasteiger partial charge on any atom is -0.394 e. The lowest BCUT2D eigenvalue weighted by Gasteiger charge is -2.51. The van der Waals surface area contributed by atoms with E-state index in [0.717, 1.165) is 27.7 Å². The Labute approximate surface area is 445 Å². The summed E-state index contributed by atoms with van der Waals surface area (Å²) in [6.45, 7) is -0.357. The summed E-state index contributed by atoms with van der Waals surface area (Å²) in [6, 6.07) is -6.58. The van der Waals surface area contributed by atoms with Gasteiger partial charge in [0.2, 0.25) is 23.6 Å². The van der Waals surface area contributed by atoms with E-state index in [9.17, 15) is 90.7 Å². The smallest absolute Gasteiger partial charge is 0.217 e. The molecule has 5 rings (SSSR count). The van der Waals surface area contributed by atoms with Gasteiger partial charge in [0.05, 0.1) is 58.3 Å². The molecule has 0 aliphatic carbocycles. The summed E-state index contributed by atoms with van der Waals surface area (Å²) in [4.78, 5) is 49.6. The fourth-order valence-electron chi connectivity index (χ4n) is 9.39. The average Bonchev–Trinajstić information content (AvgIpc) is 3.42. The average molecular weight is 1140 g/mol. The molecular weight excluding hydrogens is 1060 g/mol. The van der Waals surface area contributed by atoms with Crippen LogP contribution in [0.5, 0.6) is 0 Å². The van der Waals surface area contributed by atoms with Crippen molar-refractivity contribution in [2.24, 2.45) is 5.73 Å². The number of ether oxygens (including phenoxy) is 11. The van der Waals surface area contributed by atoms with E-state index in [2.05, 4.69) is 21.3 Å². The molecule has 28 atom stereocenters. The second-order valence-corrected chi connectivity index (χ2v) is 19.4. The monoisotopic (exact) mass is 1140 g/mol. The number of rotatable bonds is 24. The van der Waals surface area contributed by atoms with Gasteiger partial charge < -0.3 is 151 Å². The number of nitrogens with one attached hydrogen (secondary N) is 4. The number of amides is 4. The molecule has 0 bridgehead atoms. The van der Waals surface area contributed by atoms with Gasteiger partial charge in [-0.2, -0.15) is 0 Å². The molecule has 4 amide bonds. The van der Waals surface area contributed by atoms with E-state index in [-0.39, 0.29) is 0 Å². The minimum atomic E-state index is -2.01. The molecule has 0 saturated carbocycles. The highest BCUT2D eigenvalue weighted by Gasteiger charge is 2.57. The normalized spacial score (nSPS) is 42.4. The predicted octanol–water partition coefficient (Wildman–Crippen LogP) is -12.3. The Bertz CT molecular complexity index is 1910. The third-order valence-corrected chi connectivity index (χ3v) is 13.5. The van der Waals surface area contributed by atoms with Crippen LogP contribution in [-0.4, -0.2) is 313 Å². The maximum absolute atomic E-state index is 12.7. The van der Waals surface area contributed by atoms with E-state index in [0.29, 0.717) is 0 Å². The lowest BCUT2D eigenvalue weighted by molar-refractivity contribution is -0.364. The quantitative estimate of drug-likeness (QED) is 0.0399. The molecule has 0 aromatic carbocycles. The maximum Gasteiger partial charge on any atom is 0.217 e. The van der Waals surface area contributed by atoms with Gasteiger partial charge in [-0.1, -0.05) is 0 Å². The highest BCUT2D eigenvalue weighted by molar-refractivity contribution is 5.74. The first-order valence-electron chi connectivity index (χ1n) is 24.9. The van der Waals surface area contributed by atoms with Crippen LogP contribution in [0.15, 0.2) is 0 Å². The number of carbonyl (C=O) groups is 4. The van der Waals surface area contributed by atoms with E-state index < -0.39 is 242 Å². The van der Waals surface area contributed by atoms with E-state index in [1.807, 2.05) is 0 Å². The third kappa shape index (κ3) is 16.1. The van der Waals surface area contributed by atoms with Crippen LogP contribution >= 0.6 is 0 Å². The van der Waals surface area contributed by atoms with Crippen LogP contribution in [0.4, 0.5) is 0 Å². The van der Waals surface area contributed by atoms with Crippen LogP contribution in [-0.2, 0) is 71.3 Å². The summed E-state index contributed by atoms with van der Waals surface area (Å²) in [6.07, 6.45) is -41.0. The fourth-order valence-corrected chi connectivity index (χ4v) is 9.39. The molecule has 20 N–H and O–H groups in total. The standard InChI is InChI=1S/C44H77N5O29/c1-13-29(60)35(66)36(67)44(69-13)68-12-23(70-24(59)6-46-14(2)55)18(7-50)71-41-26(47-15(3)56)32(63)38(21(10-53)73-41)77-43-28(49-17(5)58)34(65)39(22(11-54)75-43)78-42-27(48-16(4)57)33(64)37(20(9-52)74-42)76-40-25(45)31(62)30(61)19(8-51)72-40/h13,18-44,50-54,59-67H,6-12,45H2,1-5H3,(H,46,55)(H,47,56)(H,48,57)(H,49,58)/t13?,18-,19?,20?,21?,22?,23?,24+,25?,26?,27?,28?,29+,30+,31?,32?,33?,34?,35?,36?,37+,38+,39+,40-,41+,42-,43-,44+/m0/s1. The maximum atomic E-state index is 12.7. The zero-order valence-corrected chi connectivity index (χ0v) is 43.1. The molecule has 0 radical (unpaired) electrons. The highest BCUT2D eigenvalue weighted by Crippen LogP contribution is 2.35. The molecule has 5 heterocycles. The van der Waals surface area contributed by atoms with Crippen molar-refractivity contribution in [3.05, 3.63) is 0 Å². The van der Waals surface area contributed by atoms with E-state index >= 15 is 0 Å². The van der Waals surface area contributed by atoms with E-state index in [1.165, 1.54) is 6.92 Å². The second-order valence-electron chi connectivity index (χ2n) is 19.4. The number of hydrogen-bond donors (Lipinski definition) is 19.